The zero-order chi connectivity index (χ0) is 11.5. The summed E-state index contributed by atoms with van der Waals surface area (Å²) in [6, 6.07) is 0.604. The number of nitrogens with one attached hydrogen (secondary N) is 1. The maximum atomic E-state index is 5.23. The SMILES string of the molecule is CNC1CCN(Cc2nc(C(C)C)no2)C1. The van der Waals surface area contributed by atoms with Crippen LogP contribution in [0.25, 0.3) is 0 Å². The van der Waals surface area contributed by atoms with E-state index in [0.29, 0.717) is 12.0 Å². The largest absolute Gasteiger partial charge is 0.338 e. The number of rotatable bonds is 4. The molecule has 1 unspecified atom stereocenters. The molecule has 1 aromatic rings. The van der Waals surface area contributed by atoms with Gasteiger partial charge in [0.05, 0.1) is 6.54 Å². The molecule has 0 bridgehead atoms. The average molecular weight is 224 g/mol. The number of hydrogen-bond acceptors (Lipinski definition) is 5. The fourth-order valence-electron chi connectivity index (χ4n) is 1.97. The summed E-state index contributed by atoms with van der Waals surface area (Å²) in [4.78, 5) is 6.73. The molecule has 1 aliphatic heterocycles. The second kappa shape index (κ2) is 4.93. The molecule has 5 heteroatoms. The molecule has 0 aliphatic carbocycles. The van der Waals surface area contributed by atoms with Crippen LogP contribution in [-0.4, -0.2) is 41.2 Å². The van der Waals surface area contributed by atoms with Crippen LogP contribution in [0.15, 0.2) is 4.52 Å². The third-order valence-electron chi connectivity index (χ3n) is 3.04. The summed E-state index contributed by atoms with van der Waals surface area (Å²) in [5.41, 5.74) is 0. The van der Waals surface area contributed by atoms with Crippen molar-refractivity contribution in [2.24, 2.45) is 0 Å². The van der Waals surface area contributed by atoms with Crippen LogP contribution in [-0.2, 0) is 6.54 Å². The second-order valence-corrected chi connectivity index (χ2v) is 4.71. The molecule has 1 fully saturated rings. The zero-order valence-corrected chi connectivity index (χ0v) is 10.2. The molecular formula is C11H20N4O. The molecule has 90 valence electrons. The first-order valence-electron chi connectivity index (χ1n) is 5.91. The van der Waals surface area contributed by atoms with E-state index in [0.717, 1.165) is 31.3 Å². The Balaban J connectivity index is 1.89. The summed E-state index contributed by atoms with van der Waals surface area (Å²) in [5, 5.41) is 7.26. The van der Waals surface area contributed by atoms with Gasteiger partial charge in [-0.2, -0.15) is 4.98 Å². The van der Waals surface area contributed by atoms with Gasteiger partial charge >= 0.3 is 0 Å². The van der Waals surface area contributed by atoms with Gasteiger partial charge in [-0.15, -0.1) is 0 Å². The molecule has 0 amide bonds. The van der Waals surface area contributed by atoms with Crippen LogP contribution < -0.4 is 5.32 Å². The molecule has 0 spiro atoms. The molecule has 0 radical (unpaired) electrons. The van der Waals surface area contributed by atoms with E-state index < -0.39 is 0 Å². The van der Waals surface area contributed by atoms with Crippen molar-refractivity contribution in [3.05, 3.63) is 11.7 Å². The Morgan fingerprint density at radius 2 is 2.38 bits per heavy atom. The van der Waals surface area contributed by atoms with E-state index in [9.17, 15) is 0 Å². The lowest BCUT2D eigenvalue weighted by atomic mass is 10.2. The van der Waals surface area contributed by atoms with E-state index in [1.165, 1.54) is 6.42 Å². The van der Waals surface area contributed by atoms with Crippen LogP contribution in [0.1, 0.15) is 37.9 Å². The lowest BCUT2D eigenvalue weighted by molar-refractivity contribution is 0.263. The van der Waals surface area contributed by atoms with E-state index in [1.54, 1.807) is 0 Å². The normalized spacial score (nSPS) is 22.1. The third-order valence-corrected chi connectivity index (χ3v) is 3.04. The number of likely N-dealkylation sites (tertiary alicyclic amines) is 1. The minimum atomic E-state index is 0.334. The van der Waals surface area contributed by atoms with Crippen molar-refractivity contribution in [3.8, 4) is 0 Å². The molecule has 0 aromatic carbocycles. The summed E-state index contributed by atoms with van der Waals surface area (Å²) in [7, 11) is 2.01. The first kappa shape index (κ1) is 11.5. The topological polar surface area (TPSA) is 54.2 Å². The Morgan fingerprint density at radius 3 is 2.94 bits per heavy atom. The zero-order valence-electron chi connectivity index (χ0n) is 10.2. The van der Waals surface area contributed by atoms with Gasteiger partial charge in [0.15, 0.2) is 5.82 Å². The summed E-state index contributed by atoms with van der Waals surface area (Å²) < 4.78 is 5.23. The van der Waals surface area contributed by atoms with Gasteiger partial charge in [0.25, 0.3) is 0 Å². The van der Waals surface area contributed by atoms with Crippen molar-refractivity contribution in [1.82, 2.24) is 20.4 Å². The smallest absolute Gasteiger partial charge is 0.240 e. The van der Waals surface area contributed by atoms with Gasteiger partial charge in [-0.25, -0.2) is 0 Å². The second-order valence-electron chi connectivity index (χ2n) is 4.71. The van der Waals surface area contributed by atoms with Crippen molar-refractivity contribution in [2.45, 2.75) is 38.8 Å². The fraction of sp³-hybridized carbons (Fsp3) is 0.818. The Hall–Kier alpha value is -0.940. The van der Waals surface area contributed by atoms with Gasteiger partial charge in [0.2, 0.25) is 5.89 Å². The minimum absolute atomic E-state index is 0.334. The number of nitrogens with zero attached hydrogens (tertiary/aromatic N) is 3. The fourth-order valence-corrected chi connectivity index (χ4v) is 1.97. The van der Waals surface area contributed by atoms with Crippen LogP contribution in [0, 0.1) is 0 Å². The molecule has 16 heavy (non-hydrogen) atoms. The van der Waals surface area contributed by atoms with Gasteiger partial charge in [-0.1, -0.05) is 19.0 Å². The van der Waals surface area contributed by atoms with Crippen molar-refractivity contribution < 1.29 is 4.52 Å². The Bertz CT molecular complexity index is 336. The van der Waals surface area contributed by atoms with Crippen LogP contribution in [0.5, 0.6) is 0 Å². The summed E-state index contributed by atoms with van der Waals surface area (Å²) in [6.45, 7) is 7.09. The summed E-state index contributed by atoms with van der Waals surface area (Å²) >= 11 is 0. The van der Waals surface area contributed by atoms with E-state index >= 15 is 0 Å². The Labute approximate surface area is 96.2 Å². The molecule has 5 nitrogen and oxygen atoms in total. The monoisotopic (exact) mass is 224 g/mol. The molecule has 0 saturated carbocycles. The van der Waals surface area contributed by atoms with Crippen LogP contribution in [0.3, 0.4) is 0 Å². The quantitative estimate of drug-likeness (QED) is 0.826. The maximum absolute atomic E-state index is 5.23. The lowest BCUT2D eigenvalue weighted by Gasteiger charge is -2.12. The standard InChI is InChI=1S/C11H20N4O/c1-8(2)11-13-10(16-14-11)7-15-5-4-9(6-15)12-3/h8-9,12H,4-7H2,1-3H3. The lowest BCUT2D eigenvalue weighted by Crippen LogP contribution is -2.29. The Kier molecular flexibility index (Phi) is 3.56. The number of likely N-dealkylation sites (N-methyl/N-ethyl adjacent to an activating group) is 1. The highest BCUT2D eigenvalue weighted by Crippen LogP contribution is 2.14. The van der Waals surface area contributed by atoms with Gasteiger partial charge in [0.1, 0.15) is 0 Å². The number of aromatic nitrogens is 2. The van der Waals surface area contributed by atoms with Crippen molar-refractivity contribution in [3.63, 3.8) is 0 Å². The highest BCUT2D eigenvalue weighted by molar-refractivity contribution is 4.92. The van der Waals surface area contributed by atoms with E-state index in [4.69, 9.17) is 4.52 Å². The highest BCUT2D eigenvalue weighted by Gasteiger charge is 2.22. The molecular weight excluding hydrogens is 204 g/mol. The van der Waals surface area contributed by atoms with Gasteiger partial charge in [-0.05, 0) is 13.5 Å². The van der Waals surface area contributed by atoms with Crippen LogP contribution >= 0.6 is 0 Å². The molecule has 1 saturated heterocycles. The predicted octanol–water partition coefficient (Wildman–Crippen LogP) is 0.987. The Morgan fingerprint density at radius 1 is 1.56 bits per heavy atom. The van der Waals surface area contributed by atoms with Gasteiger partial charge in [0, 0.05) is 25.0 Å². The first-order chi connectivity index (χ1) is 7.69. The average Bonchev–Trinajstić information content (AvgIpc) is 2.87. The molecule has 1 atom stereocenters. The minimum Gasteiger partial charge on any atom is -0.338 e. The van der Waals surface area contributed by atoms with Crippen molar-refractivity contribution in [2.75, 3.05) is 20.1 Å². The summed E-state index contributed by atoms with van der Waals surface area (Å²) in [6.07, 6.45) is 1.20. The first-order valence-corrected chi connectivity index (χ1v) is 5.91. The maximum Gasteiger partial charge on any atom is 0.240 e. The molecule has 2 rings (SSSR count). The summed E-state index contributed by atoms with van der Waals surface area (Å²) in [5.74, 6) is 1.88. The molecule has 2 heterocycles. The number of hydrogen-bond donors (Lipinski definition) is 1. The van der Waals surface area contributed by atoms with Gasteiger partial charge < -0.3 is 9.84 Å². The predicted molar refractivity (Wildman–Crippen MR) is 61.1 cm³/mol. The van der Waals surface area contributed by atoms with Gasteiger partial charge in [-0.3, -0.25) is 4.90 Å². The van der Waals surface area contributed by atoms with Crippen LogP contribution in [0.4, 0.5) is 0 Å². The van der Waals surface area contributed by atoms with E-state index in [1.807, 2.05) is 7.05 Å². The molecule has 1 aromatic heterocycles. The third kappa shape index (κ3) is 2.59. The molecule has 1 aliphatic rings. The van der Waals surface area contributed by atoms with Crippen molar-refractivity contribution in [1.29, 1.82) is 0 Å². The molecule has 1 N–H and O–H groups in total. The highest BCUT2D eigenvalue weighted by atomic mass is 16.5. The van der Waals surface area contributed by atoms with E-state index in [-0.39, 0.29) is 0 Å². The van der Waals surface area contributed by atoms with Crippen molar-refractivity contribution >= 4 is 0 Å². The van der Waals surface area contributed by atoms with Crippen LogP contribution in [0.2, 0.25) is 0 Å². The van der Waals surface area contributed by atoms with E-state index in [2.05, 4.69) is 34.2 Å².